The summed E-state index contributed by atoms with van der Waals surface area (Å²) in [5, 5.41) is 0. The van der Waals surface area contributed by atoms with Crippen LogP contribution in [0.15, 0.2) is 59.2 Å². The van der Waals surface area contributed by atoms with Gasteiger partial charge in [-0.2, -0.15) is 5.57 Å². The molecule has 0 aromatic heterocycles. The van der Waals surface area contributed by atoms with Gasteiger partial charge < -0.3 is 24.8 Å². The molecule has 1 atom stereocenters. The quantitative estimate of drug-likeness (QED) is 0.431. The molecule has 0 aliphatic heterocycles. The largest absolute Gasteiger partial charge is 3.00 e. The van der Waals surface area contributed by atoms with Crippen LogP contribution in [0.5, 0.6) is 0 Å². The van der Waals surface area contributed by atoms with Gasteiger partial charge in [-0.25, -0.2) is 12.0 Å². The first-order valence-corrected chi connectivity index (χ1v) is 13.2. The minimum atomic E-state index is 0. The molecule has 1 unspecified atom stereocenters. The third-order valence-corrected chi connectivity index (χ3v) is 8.78. The molecule has 197 valence electrons. The topological polar surface area (TPSA) is 0 Å². The monoisotopic (exact) mass is 611 g/mol. The van der Waals surface area contributed by atoms with Gasteiger partial charge in [0.2, 0.25) is 0 Å². The van der Waals surface area contributed by atoms with E-state index < -0.39 is 0 Å². The van der Waals surface area contributed by atoms with Crippen molar-refractivity contribution in [2.24, 2.45) is 10.8 Å². The summed E-state index contributed by atoms with van der Waals surface area (Å²) < 4.78 is 0. The molecule has 0 saturated heterocycles. The van der Waals surface area contributed by atoms with E-state index in [4.69, 9.17) is 0 Å². The second kappa shape index (κ2) is 10.3. The molecule has 3 aliphatic carbocycles. The fourth-order valence-electron chi connectivity index (χ4n) is 6.41. The molecular weight excluding hydrogens is 571 g/mol. The maximum Gasteiger partial charge on any atom is 3.00 e. The van der Waals surface area contributed by atoms with Crippen LogP contribution in [0.1, 0.15) is 110 Å². The van der Waals surface area contributed by atoms with Crippen LogP contribution in [-0.4, -0.2) is 0 Å². The molecule has 0 amide bonds. The summed E-state index contributed by atoms with van der Waals surface area (Å²) in [5.74, 6) is 0.390. The zero-order valence-electron chi connectivity index (χ0n) is 24.4. The first-order valence-electron chi connectivity index (χ1n) is 13.2. The van der Waals surface area contributed by atoms with Crippen LogP contribution in [0.2, 0.25) is 0 Å². The van der Waals surface area contributed by atoms with Crippen molar-refractivity contribution in [3.63, 3.8) is 0 Å². The normalized spacial score (nSPS) is 20.6. The number of rotatable bonds is 1. The second-order valence-corrected chi connectivity index (χ2v) is 14.4. The van der Waals surface area contributed by atoms with Gasteiger partial charge in [0.1, 0.15) is 0 Å². The summed E-state index contributed by atoms with van der Waals surface area (Å²) in [5.41, 5.74) is 14.2. The van der Waals surface area contributed by atoms with Gasteiger partial charge in [0.05, 0.1) is 0 Å². The van der Waals surface area contributed by atoms with E-state index in [0.717, 1.165) is 12.8 Å². The molecule has 1 radical (unpaired) electrons. The molecule has 3 heteroatoms. The molecule has 37 heavy (non-hydrogen) atoms. The fraction of sp³-hybridized carbons (Fsp3) is 0.500. The molecule has 0 bridgehead atoms. The molecule has 0 N–H and O–H groups in total. The number of fused-ring (bicyclic) bond motifs is 3. The SMILES string of the molecule is CC(C)(C)C1=CC2=C([CH-]CC2(C)C2c3cc(C(C)(C)C)ccc3-c3ccc(C(C)(C)C)cc32)C1.[Cl-].[Cl-].[Zr+3]. The first-order chi connectivity index (χ1) is 15.6. The fourth-order valence-corrected chi connectivity index (χ4v) is 6.41. The molecule has 2 aromatic carbocycles. The van der Waals surface area contributed by atoms with E-state index in [1.807, 2.05) is 0 Å². The number of benzene rings is 2. The van der Waals surface area contributed by atoms with Gasteiger partial charge in [0.15, 0.2) is 0 Å². The van der Waals surface area contributed by atoms with Crippen LogP contribution in [0, 0.1) is 17.3 Å². The van der Waals surface area contributed by atoms with Crippen molar-refractivity contribution in [3.05, 3.63) is 87.9 Å². The summed E-state index contributed by atoms with van der Waals surface area (Å²) in [4.78, 5) is 0. The molecule has 2 aromatic rings. The Morgan fingerprint density at radius 2 is 1.19 bits per heavy atom. The van der Waals surface area contributed by atoms with E-state index in [0.29, 0.717) is 5.92 Å². The van der Waals surface area contributed by atoms with E-state index in [9.17, 15) is 0 Å². The molecule has 5 rings (SSSR count). The van der Waals surface area contributed by atoms with E-state index >= 15 is 0 Å². The average molecular weight is 614 g/mol. The molecule has 0 spiro atoms. The van der Waals surface area contributed by atoms with E-state index in [-0.39, 0.29) is 72.7 Å². The van der Waals surface area contributed by atoms with Gasteiger partial charge in [-0.1, -0.05) is 117 Å². The Balaban J connectivity index is 0.00000160. The number of halogens is 2. The third kappa shape index (κ3) is 5.36. The molecular formula is C34H43Cl2Zr. The van der Waals surface area contributed by atoms with Crippen LogP contribution < -0.4 is 24.8 Å². The van der Waals surface area contributed by atoms with Crippen molar-refractivity contribution < 1.29 is 51.0 Å². The zero-order valence-corrected chi connectivity index (χ0v) is 28.3. The smallest absolute Gasteiger partial charge is 1.00 e. The van der Waals surface area contributed by atoms with Crippen molar-refractivity contribution in [1.29, 1.82) is 0 Å². The average Bonchev–Trinajstić information content (AvgIpc) is 3.37. The van der Waals surface area contributed by atoms with E-state index in [1.54, 1.807) is 16.7 Å². The van der Waals surface area contributed by atoms with Crippen LogP contribution in [-0.2, 0) is 37.0 Å². The Kier molecular flexibility index (Phi) is 9.07. The molecule has 0 fully saturated rings. The number of hydrogen-bond donors (Lipinski definition) is 0. The van der Waals surface area contributed by atoms with Gasteiger partial charge >= 0.3 is 26.2 Å². The molecule has 0 heterocycles. The Morgan fingerprint density at radius 1 is 0.730 bits per heavy atom. The summed E-state index contributed by atoms with van der Waals surface area (Å²) in [7, 11) is 0. The molecule has 3 aliphatic rings. The van der Waals surface area contributed by atoms with Crippen LogP contribution >= 0.6 is 0 Å². The summed E-state index contributed by atoms with van der Waals surface area (Å²) in [6, 6.07) is 14.6. The Labute approximate surface area is 258 Å². The molecule has 0 nitrogen and oxygen atoms in total. The van der Waals surface area contributed by atoms with Gasteiger partial charge in [0, 0.05) is 5.92 Å². The maximum absolute atomic E-state index is 2.58. The standard InChI is InChI=1S/C34H43.2ClH.Zr/c1-31(2,3)22-11-13-25-26-14-12-23(32(4,5)6)19-28(26)30(27(25)18-22)34(10)16-15-21-17-24(20-29(21)34)33(7,8)9;;;/h11-15,18-20,30H,16-17H2,1-10H3;2*1H;/q-1;;;+3/p-2. The van der Waals surface area contributed by atoms with Crippen molar-refractivity contribution in [2.75, 3.05) is 0 Å². The zero-order chi connectivity index (χ0) is 24.8. The van der Waals surface area contributed by atoms with Gasteiger partial charge in [-0.3, -0.25) is 0 Å². The Morgan fingerprint density at radius 3 is 1.59 bits per heavy atom. The second-order valence-electron chi connectivity index (χ2n) is 14.4. The number of hydrogen-bond acceptors (Lipinski definition) is 0. The predicted octanol–water partition coefficient (Wildman–Crippen LogP) is 3.69. The third-order valence-electron chi connectivity index (χ3n) is 8.78. The summed E-state index contributed by atoms with van der Waals surface area (Å²) >= 11 is 0. The minimum absolute atomic E-state index is 0. The van der Waals surface area contributed by atoms with E-state index in [2.05, 4.69) is 118 Å². The van der Waals surface area contributed by atoms with Crippen LogP contribution in [0.3, 0.4) is 0 Å². The van der Waals surface area contributed by atoms with Gasteiger partial charge in [-0.05, 0) is 56.0 Å². The minimum Gasteiger partial charge on any atom is -1.00 e. The van der Waals surface area contributed by atoms with Crippen molar-refractivity contribution in [2.45, 2.75) is 98.8 Å². The van der Waals surface area contributed by atoms with Crippen molar-refractivity contribution in [3.8, 4) is 11.1 Å². The van der Waals surface area contributed by atoms with Crippen molar-refractivity contribution >= 4 is 0 Å². The number of allylic oxidation sites excluding steroid dienone is 4. The van der Waals surface area contributed by atoms with Crippen molar-refractivity contribution in [1.82, 2.24) is 0 Å². The van der Waals surface area contributed by atoms with Crippen LogP contribution in [0.4, 0.5) is 0 Å². The van der Waals surface area contributed by atoms with Gasteiger partial charge in [0.25, 0.3) is 0 Å². The summed E-state index contributed by atoms with van der Waals surface area (Å²) in [6.07, 6.45) is 7.40. The Hall–Kier alpha value is -0.747. The molecule has 0 saturated carbocycles. The van der Waals surface area contributed by atoms with E-state index in [1.165, 1.54) is 33.4 Å². The maximum atomic E-state index is 2.58. The predicted molar refractivity (Wildman–Crippen MR) is 147 cm³/mol. The summed E-state index contributed by atoms with van der Waals surface area (Å²) in [6.45, 7) is 23.7. The first kappa shape index (κ1) is 32.5. The van der Waals surface area contributed by atoms with Crippen LogP contribution in [0.25, 0.3) is 11.1 Å². The Bertz CT molecular complexity index is 1180. The van der Waals surface area contributed by atoms with Gasteiger partial charge in [-0.15, -0.1) is 12.5 Å².